The first-order valence-electron chi connectivity index (χ1n) is 6.33. The minimum atomic E-state index is -1.10. The predicted molar refractivity (Wildman–Crippen MR) is 69.3 cm³/mol. The van der Waals surface area contributed by atoms with E-state index in [9.17, 15) is 14.4 Å². The highest BCUT2D eigenvalue weighted by atomic mass is 16.4. The zero-order valence-electron chi connectivity index (χ0n) is 10.8. The van der Waals surface area contributed by atoms with Crippen LogP contribution < -0.4 is 5.32 Å². The Kier molecular flexibility index (Phi) is 4.29. The fourth-order valence-corrected chi connectivity index (χ4v) is 1.98. The summed E-state index contributed by atoms with van der Waals surface area (Å²) in [7, 11) is 0. The summed E-state index contributed by atoms with van der Waals surface area (Å²) >= 11 is 0. The van der Waals surface area contributed by atoms with E-state index >= 15 is 0 Å². The van der Waals surface area contributed by atoms with Crippen molar-refractivity contribution in [1.29, 1.82) is 0 Å². The molecule has 0 spiro atoms. The molecule has 1 saturated heterocycles. The van der Waals surface area contributed by atoms with E-state index in [-0.39, 0.29) is 23.7 Å². The zero-order valence-corrected chi connectivity index (χ0v) is 10.8. The van der Waals surface area contributed by atoms with Gasteiger partial charge in [0.15, 0.2) is 0 Å². The first-order chi connectivity index (χ1) is 9.58. The molecular formula is C13H15N3O4. The number of hydrogen-bond donors (Lipinski definition) is 2. The summed E-state index contributed by atoms with van der Waals surface area (Å²) in [6.07, 6.45) is 3.11. The number of aromatic nitrogens is 1. The molecule has 1 aromatic rings. The topological polar surface area (TPSA) is 99.6 Å². The van der Waals surface area contributed by atoms with Gasteiger partial charge in [-0.25, -0.2) is 4.79 Å². The molecule has 1 fully saturated rings. The Morgan fingerprint density at radius 3 is 2.50 bits per heavy atom. The number of nitrogens with zero attached hydrogens (tertiary/aromatic N) is 2. The van der Waals surface area contributed by atoms with Gasteiger partial charge < -0.3 is 15.3 Å². The number of hydrogen-bond acceptors (Lipinski definition) is 4. The lowest BCUT2D eigenvalue weighted by Gasteiger charge is -2.15. The van der Waals surface area contributed by atoms with Crippen LogP contribution >= 0.6 is 0 Å². The molecule has 1 aliphatic heterocycles. The molecule has 106 valence electrons. The second-order valence-corrected chi connectivity index (χ2v) is 4.51. The van der Waals surface area contributed by atoms with Gasteiger partial charge in [-0.3, -0.25) is 14.6 Å². The Labute approximate surface area is 115 Å². The third kappa shape index (κ3) is 3.31. The Morgan fingerprint density at radius 1 is 1.25 bits per heavy atom. The largest absolute Gasteiger partial charge is 0.478 e. The van der Waals surface area contributed by atoms with Crippen molar-refractivity contribution in [2.24, 2.45) is 0 Å². The summed E-state index contributed by atoms with van der Waals surface area (Å²) in [5, 5.41) is 11.2. The normalized spacial score (nSPS) is 14.1. The van der Waals surface area contributed by atoms with Gasteiger partial charge in [0, 0.05) is 19.3 Å². The molecule has 2 heterocycles. The number of carboxylic acids is 1. The van der Waals surface area contributed by atoms with Crippen LogP contribution in [0, 0.1) is 0 Å². The van der Waals surface area contributed by atoms with Gasteiger partial charge in [0.2, 0.25) is 5.91 Å². The number of carbonyl (C=O) groups is 3. The third-order valence-electron chi connectivity index (χ3n) is 3.10. The van der Waals surface area contributed by atoms with Gasteiger partial charge in [0.05, 0.1) is 12.1 Å². The van der Waals surface area contributed by atoms with Crippen LogP contribution in [0.2, 0.25) is 0 Å². The van der Waals surface area contributed by atoms with Crippen molar-refractivity contribution in [2.75, 3.05) is 19.6 Å². The molecule has 7 heteroatoms. The van der Waals surface area contributed by atoms with Crippen LogP contribution in [-0.2, 0) is 4.79 Å². The van der Waals surface area contributed by atoms with E-state index < -0.39 is 11.9 Å². The van der Waals surface area contributed by atoms with E-state index in [1.165, 1.54) is 12.1 Å². The molecule has 0 aromatic carbocycles. The fourth-order valence-electron chi connectivity index (χ4n) is 1.98. The Balaban J connectivity index is 1.88. The van der Waals surface area contributed by atoms with Gasteiger partial charge in [-0.2, -0.15) is 0 Å². The molecule has 0 aliphatic carbocycles. The van der Waals surface area contributed by atoms with E-state index in [1.54, 1.807) is 4.90 Å². The Bertz CT molecular complexity index is 521. The van der Waals surface area contributed by atoms with E-state index in [2.05, 4.69) is 10.3 Å². The molecule has 0 unspecified atom stereocenters. The van der Waals surface area contributed by atoms with Crippen molar-refractivity contribution in [1.82, 2.24) is 15.2 Å². The average molecular weight is 277 g/mol. The molecule has 1 aromatic heterocycles. The van der Waals surface area contributed by atoms with Crippen LogP contribution in [0.5, 0.6) is 0 Å². The molecule has 0 atom stereocenters. The highest BCUT2D eigenvalue weighted by molar-refractivity contribution is 5.95. The molecule has 0 saturated carbocycles. The van der Waals surface area contributed by atoms with E-state index in [4.69, 9.17) is 5.11 Å². The van der Waals surface area contributed by atoms with Gasteiger partial charge in [-0.15, -0.1) is 0 Å². The van der Waals surface area contributed by atoms with Crippen molar-refractivity contribution in [3.63, 3.8) is 0 Å². The standard InChI is InChI=1S/C13H15N3O4/c17-11(16-5-1-2-6-16)8-15-12(18)10-4-3-9(7-14-10)13(19)20/h3-4,7H,1-2,5-6,8H2,(H,15,18)(H,19,20). The van der Waals surface area contributed by atoms with E-state index in [0.717, 1.165) is 32.1 Å². The van der Waals surface area contributed by atoms with Gasteiger partial charge in [-0.05, 0) is 25.0 Å². The predicted octanol–water partition coefficient (Wildman–Crippen LogP) is 0.132. The van der Waals surface area contributed by atoms with Crippen LogP contribution in [-0.4, -0.2) is 52.4 Å². The number of nitrogens with one attached hydrogen (secondary N) is 1. The molecular weight excluding hydrogens is 262 g/mol. The second-order valence-electron chi connectivity index (χ2n) is 4.51. The maximum Gasteiger partial charge on any atom is 0.337 e. The summed E-state index contributed by atoms with van der Waals surface area (Å²) in [4.78, 5) is 39.6. The number of pyridine rings is 1. The molecule has 1 aliphatic rings. The van der Waals surface area contributed by atoms with Crippen LogP contribution in [0.15, 0.2) is 18.3 Å². The van der Waals surface area contributed by atoms with Crippen LogP contribution in [0.3, 0.4) is 0 Å². The fraction of sp³-hybridized carbons (Fsp3) is 0.385. The minimum Gasteiger partial charge on any atom is -0.478 e. The number of likely N-dealkylation sites (tertiary alicyclic amines) is 1. The summed E-state index contributed by atoms with van der Waals surface area (Å²) in [5.74, 6) is -1.71. The van der Waals surface area contributed by atoms with Crippen LogP contribution in [0.4, 0.5) is 0 Å². The number of rotatable bonds is 4. The summed E-state index contributed by atoms with van der Waals surface area (Å²) in [5.41, 5.74) is 0.0962. The second kappa shape index (κ2) is 6.14. The van der Waals surface area contributed by atoms with Crippen LogP contribution in [0.1, 0.15) is 33.7 Å². The van der Waals surface area contributed by atoms with E-state index in [1.807, 2.05) is 0 Å². The molecule has 0 radical (unpaired) electrons. The molecule has 7 nitrogen and oxygen atoms in total. The molecule has 2 amide bonds. The van der Waals surface area contributed by atoms with Crippen molar-refractivity contribution >= 4 is 17.8 Å². The molecule has 2 N–H and O–H groups in total. The highest BCUT2D eigenvalue weighted by Crippen LogP contribution is 2.07. The Morgan fingerprint density at radius 2 is 1.95 bits per heavy atom. The van der Waals surface area contributed by atoms with Gasteiger partial charge >= 0.3 is 5.97 Å². The Hall–Kier alpha value is -2.44. The molecule has 20 heavy (non-hydrogen) atoms. The first kappa shape index (κ1) is 14.0. The van der Waals surface area contributed by atoms with Crippen molar-refractivity contribution in [2.45, 2.75) is 12.8 Å². The minimum absolute atomic E-state index is 0.00898. The average Bonchev–Trinajstić information content (AvgIpc) is 2.98. The summed E-state index contributed by atoms with van der Waals surface area (Å²) in [6, 6.07) is 2.62. The van der Waals surface area contributed by atoms with Crippen molar-refractivity contribution in [3.8, 4) is 0 Å². The quantitative estimate of drug-likeness (QED) is 0.815. The monoisotopic (exact) mass is 277 g/mol. The highest BCUT2D eigenvalue weighted by Gasteiger charge is 2.18. The van der Waals surface area contributed by atoms with Gasteiger partial charge in [-0.1, -0.05) is 0 Å². The number of carboxylic acid groups (broad SMARTS) is 1. The van der Waals surface area contributed by atoms with Gasteiger partial charge in [0.1, 0.15) is 5.69 Å². The van der Waals surface area contributed by atoms with E-state index in [0.29, 0.717) is 0 Å². The zero-order chi connectivity index (χ0) is 14.5. The number of aromatic carboxylic acids is 1. The smallest absolute Gasteiger partial charge is 0.337 e. The van der Waals surface area contributed by atoms with Gasteiger partial charge in [0.25, 0.3) is 5.91 Å². The lowest BCUT2D eigenvalue weighted by molar-refractivity contribution is -0.129. The SMILES string of the molecule is O=C(O)c1ccc(C(=O)NCC(=O)N2CCCC2)nc1. The van der Waals surface area contributed by atoms with Crippen LogP contribution in [0.25, 0.3) is 0 Å². The maximum absolute atomic E-state index is 11.8. The first-order valence-corrected chi connectivity index (χ1v) is 6.33. The third-order valence-corrected chi connectivity index (χ3v) is 3.10. The van der Waals surface area contributed by atoms with Crippen molar-refractivity contribution in [3.05, 3.63) is 29.6 Å². The summed E-state index contributed by atoms with van der Waals surface area (Å²) < 4.78 is 0. The number of carbonyl (C=O) groups excluding carboxylic acids is 2. The molecule has 0 bridgehead atoms. The maximum atomic E-state index is 11.8. The lowest BCUT2D eigenvalue weighted by atomic mass is 10.2. The van der Waals surface area contributed by atoms with Crippen molar-refractivity contribution < 1.29 is 19.5 Å². The lowest BCUT2D eigenvalue weighted by Crippen LogP contribution is -2.38. The molecule has 2 rings (SSSR count). The number of amides is 2. The summed E-state index contributed by atoms with van der Waals surface area (Å²) in [6.45, 7) is 1.40.